The summed E-state index contributed by atoms with van der Waals surface area (Å²) in [4.78, 5) is 13.6. The molecule has 0 radical (unpaired) electrons. The van der Waals surface area contributed by atoms with Gasteiger partial charge in [-0.2, -0.15) is 15.0 Å². The predicted octanol–water partition coefficient (Wildman–Crippen LogP) is 5.36. The van der Waals surface area contributed by atoms with Crippen LogP contribution >= 0.6 is 34.8 Å². The number of hydrazone groups is 1. The van der Waals surface area contributed by atoms with Crippen LogP contribution in [0.25, 0.3) is 22.6 Å². The number of nitrogens with zero attached hydrogens (tertiary/aromatic N) is 7. The Labute approximate surface area is 232 Å². The fourth-order valence-corrected chi connectivity index (χ4v) is 4.34. The van der Waals surface area contributed by atoms with Crippen LogP contribution in [0.2, 0.25) is 15.1 Å². The maximum atomic E-state index is 12.5. The van der Waals surface area contributed by atoms with Crippen molar-refractivity contribution < 1.29 is 4.79 Å². The van der Waals surface area contributed by atoms with E-state index in [2.05, 4.69) is 25.9 Å². The molecule has 0 fully saturated rings. The quantitative estimate of drug-likeness (QED) is 0.201. The second-order valence-electron chi connectivity index (χ2n) is 8.15. The first-order chi connectivity index (χ1) is 18.5. The fraction of sp³-hybridized carbons (Fsp3) is 0.0769. The number of carbonyl (C=O) groups excluding carboxylic acids is 1. The lowest BCUT2D eigenvalue weighted by atomic mass is 10.1. The van der Waals surface area contributed by atoms with E-state index in [1.807, 2.05) is 54.7 Å². The van der Waals surface area contributed by atoms with E-state index in [9.17, 15) is 4.79 Å². The number of hydrogen-bond acceptors (Lipinski definition) is 6. The van der Waals surface area contributed by atoms with Gasteiger partial charge in [0.15, 0.2) is 0 Å². The lowest BCUT2D eigenvalue weighted by molar-refractivity contribution is -0.122. The van der Waals surface area contributed by atoms with Crippen LogP contribution < -0.4 is 5.43 Å². The summed E-state index contributed by atoms with van der Waals surface area (Å²) in [6.07, 6.45) is 3.37. The van der Waals surface area contributed by atoms with Gasteiger partial charge in [0.2, 0.25) is 5.82 Å². The highest BCUT2D eigenvalue weighted by molar-refractivity contribution is 6.35. The smallest absolute Gasteiger partial charge is 0.263 e. The molecule has 1 amide bonds. The molecule has 0 atom stereocenters. The third-order valence-electron chi connectivity index (χ3n) is 5.43. The van der Waals surface area contributed by atoms with Gasteiger partial charge in [0, 0.05) is 32.9 Å². The van der Waals surface area contributed by atoms with Crippen molar-refractivity contribution in [3.63, 3.8) is 0 Å². The number of carbonyl (C=O) groups is 1. The minimum atomic E-state index is -0.425. The van der Waals surface area contributed by atoms with Crippen LogP contribution in [0.15, 0.2) is 84.1 Å². The van der Waals surface area contributed by atoms with Crippen molar-refractivity contribution in [1.82, 2.24) is 35.4 Å². The molecule has 38 heavy (non-hydrogen) atoms. The van der Waals surface area contributed by atoms with Gasteiger partial charge in [0.05, 0.1) is 17.8 Å². The normalized spacial score (nSPS) is 11.2. The standard InChI is InChI=1S/C26H19Cl3N8O/c27-20-11-10-18(23(29)12-20)14-36-15-19(25(33-36)17-6-2-1-3-7-17)13-30-31-24(38)16-37-34-26(32-35-37)21-8-4-5-9-22(21)28/h1-13,15H,14,16H2,(H,31,38)/b30-13-. The summed E-state index contributed by atoms with van der Waals surface area (Å²) in [6.45, 7) is 0.260. The Bertz CT molecular complexity index is 1610. The molecule has 2 aromatic heterocycles. The second-order valence-corrected chi connectivity index (χ2v) is 9.40. The predicted molar refractivity (Wildman–Crippen MR) is 147 cm³/mol. The van der Waals surface area contributed by atoms with Gasteiger partial charge in [-0.3, -0.25) is 9.48 Å². The minimum absolute atomic E-state index is 0.172. The van der Waals surface area contributed by atoms with Crippen LogP contribution in [0, 0.1) is 0 Å². The van der Waals surface area contributed by atoms with Crippen LogP contribution in [0.1, 0.15) is 11.1 Å². The Hall–Kier alpha value is -4.05. The van der Waals surface area contributed by atoms with E-state index in [4.69, 9.17) is 39.9 Å². The molecular weight excluding hydrogens is 547 g/mol. The maximum absolute atomic E-state index is 12.5. The molecular formula is C26H19Cl3N8O. The number of tetrazole rings is 1. The van der Waals surface area contributed by atoms with Gasteiger partial charge in [0.1, 0.15) is 12.2 Å². The molecule has 0 saturated heterocycles. The van der Waals surface area contributed by atoms with Crippen molar-refractivity contribution in [3.8, 4) is 22.6 Å². The Morgan fingerprint density at radius 2 is 1.74 bits per heavy atom. The molecule has 0 saturated carbocycles. The minimum Gasteiger partial charge on any atom is -0.271 e. The lowest BCUT2D eigenvalue weighted by Crippen LogP contribution is -2.24. The first kappa shape index (κ1) is 25.6. The maximum Gasteiger partial charge on any atom is 0.263 e. The summed E-state index contributed by atoms with van der Waals surface area (Å²) >= 11 is 18.6. The summed E-state index contributed by atoms with van der Waals surface area (Å²) in [6, 6.07) is 22.1. The Morgan fingerprint density at radius 3 is 2.53 bits per heavy atom. The van der Waals surface area contributed by atoms with Crippen molar-refractivity contribution >= 4 is 46.9 Å². The molecule has 0 aliphatic carbocycles. The summed E-state index contributed by atoms with van der Waals surface area (Å²) in [5.41, 5.74) is 6.31. The Balaban J connectivity index is 1.30. The van der Waals surface area contributed by atoms with Crippen LogP contribution in [0.5, 0.6) is 0 Å². The van der Waals surface area contributed by atoms with E-state index in [1.165, 1.54) is 11.0 Å². The van der Waals surface area contributed by atoms with Crippen molar-refractivity contribution in [2.75, 3.05) is 0 Å². The molecule has 3 aromatic carbocycles. The molecule has 0 unspecified atom stereocenters. The lowest BCUT2D eigenvalue weighted by Gasteiger charge is -2.05. The summed E-state index contributed by atoms with van der Waals surface area (Å²) in [7, 11) is 0. The van der Waals surface area contributed by atoms with Crippen molar-refractivity contribution in [2.24, 2.45) is 5.10 Å². The highest BCUT2D eigenvalue weighted by Gasteiger charge is 2.13. The Kier molecular flexibility index (Phi) is 7.78. The number of benzene rings is 3. The molecule has 190 valence electrons. The highest BCUT2D eigenvalue weighted by Crippen LogP contribution is 2.25. The highest BCUT2D eigenvalue weighted by atomic mass is 35.5. The molecule has 2 heterocycles. The van der Waals surface area contributed by atoms with Gasteiger partial charge in [-0.25, -0.2) is 5.43 Å². The van der Waals surface area contributed by atoms with E-state index in [0.29, 0.717) is 44.3 Å². The first-order valence-electron chi connectivity index (χ1n) is 11.4. The molecule has 9 nitrogen and oxygen atoms in total. The van der Waals surface area contributed by atoms with Gasteiger partial charge in [-0.05, 0) is 35.0 Å². The number of rotatable bonds is 8. The zero-order chi connectivity index (χ0) is 26.5. The molecule has 0 aliphatic heterocycles. The molecule has 1 N–H and O–H groups in total. The van der Waals surface area contributed by atoms with Crippen LogP contribution in [0.4, 0.5) is 0 Å². The zero-order valence-electron chi connectivity index (χ0n) is 19.7. The number of halogens is 3. The fourth-order valence-electron chi connectivity index (χ4n) is 3.66. The second kappa shape index (κ2) is 11.6. The van der Waals surface area contributed by atoms with Gasteiger partial charge < -0.3 is 0 Å². The van der Waals surface area contributed by atoms with E-state index in [-0.39, 0.29) is 6.54 Å². The summed E-state index contributed by atoms with van der Waals surface area (Å²) < 4.78 is 1.76. The molecule has 0 aliphatic rings. The molecule has 0 spiro atoms. The van der Waals surface area contributed by atoms with E-state index in [0.717, 1.165) is 11.1 Å². The first-order valence-corrected chi connectivity index (χ1v) is 12.5. The molecule has 5 rings (SSSR count). The van der Waals surface area contributed by atoms with Crippen LogP contribution in [-0.2, 0) is 17.9 Å². The number of nitrogens with one attached hydrogen (secondary N) is 1. The molecule has 0 bridgehead atoms. The molecule has 5 aromatic rings. The van der Waals surface area contributed by atoms with Crippen molar-refractivity contribution in [1.29, 1.82) is 0 Å². The zero-order valence-corrected chi connectivity index (χ0v) is 21.9. The summed E-state index contributed by atoms with van der Waals surface area (Å²) in [5.74, 6) is -0.0985. The topological polar surface area (TPSA) is 103 Å². The number of aromatic nitrogens is 6. The average molecular weight is 566 g/mol. The van der Waals surface area contributed by atoms with Crippen molar-refractivity contribution in [2.45, 2.75) is 13.1 Å². The van der Waals surface area contributed by atoms with E-state index >= 15 is 0 Å². The van der Waals surface area contributed by atoms with Gasteiger partial charge in [0.25, 0.3) is 5.91 Å². The Morgan fingerprint density at radius 1 is 0.947 bits per heavy atom. The average Bonchev–Trinajstić information content (AvgIpc) is 3.53. The molecule has 12 heteroatoms. The van der Waals surface area contributed by atoms with Gasteiger partial charge >= 0.3 is 0 Å². The van der Waals surface area contributed by atoms with Crippen LogP contribution in [0.3, 0.4) is 0 Å². The van der Waals surface area contributed by atoms with Crippen molar-refractivity contribution in [3.05, 3.63) is 105 Å². The summed E-state index contributed by atoms with van der Waals surface area (Å²) in [5, 5.41) is 22.6. The monoisotopic (exact) mass is 564 g/mol. The third kappa shape index (κ3) is 6.08. The third-order valence-corrected chi connectivity index (χ3v) is 6.35. The van der Waals surface area contributed by atoms with E-state index < -0.39 is 5.91 Å². The van der Waals surface area contributed by atoms with Gasteiger partial charge in [-0.15, -0.1) is 10.2 Å². The van der Waals surface area contributed by atoms with Crippen LogP contribution in [-0.4, -0.2) is 42.1 Å². The number of amides is 1. The number of hydrogen-bond donors (Lipinski definition) is 1. The van der Waals surface area contributed by atoms with E-state index in [1.54, 1.807) is 28.9 Å². The SMILES string of the molecule is O=C(Cn1nnc(-c2ccccc2Cl)n1)N/N=C\c1cn(Cc2ccc(Cl)cc2Cl)nc1-c1ccccc1. The van der Waals surface area contributed by atoms with Gasteiger partial charge in [-0.1, -0.05) is 83.3 Å². The largest absolute Gasteiger partial charge is 0.271 e.